The van der Waals surface area contributed by atoms with E-state index in [9.17, 15) is 9.59 Å². The molecule has 1 saturated heterocycles. The quantitative estimate of drug-likeness (QED) is 0.720. The Hall–Kier alpha value is -1.32. The fourth-order valence-electron chi connectivity index (χ4n) is 7.30. The Labute approximate surface area is 151 Å². The second kappa shape index (κ2) is 5.59. The number of allylic oxidation sites excluding steroid dienone is 2. The van der Waals surface area contributed by atoms with Crippen LogP contribution in [0.1, 0.15) is 58.8 Å². The molecule has 2 amide bonds. The van der Waals surface area contributed by atoms with Crippen molar-refractivity contribution in [2.75, 3.05) is 14.1 Å². The van der Waals surface area contributed by atoms with Gasteiger partial charge in [0.15, 0.2) is 0 Å². The molecule has 0 spiro atoms. The molecule has 6 atom stereocenters. The third-order valence-corrected chi connectivity index (χ3v) is 8.63. The lowest BCUT2D eigenvalue weighted by atomic mass is 9.49. The first-order chi connectivity index (χ1) is 11.8. The van der Waals surface area contributed by atoms with E-state index in [1.54, 1.807) is 0 Å². The molecule has 0 unspecified atom stereocenters. The molecule has 138 valence electrons. The fourth-order valence-corrected chi connectivity index (χ4v) is 7.30. The van der Waals surface area contributed by atoms with Gasteiger partial charge in [-0.05, 0) is 61.7 Å². The van der Waals surface area contributed by atoms with Gasteiger partial charge < -0.3 is 9.80 Å². The highest BCUT2D eigenvalue weighted by Crippen LogP contribution is 2.64. The molecule has 4 heteroatoms. The SMILES string of the molecule is CN1C(=O)CC[C@@]2(C)C1=CC[C@H]1[C@@H]3CC[C@H](N(C)C=O)[C@@]3(C)CC[C@@H]12. The van der Waals surface area contributed by atoms with Crippen molar-refractivity contribution in [2.45, 2.75) is 64.8 Å². The molecule has 25 heavy (non-hydrogen) atoms. The van der Waals surface area contributed by atoms with Gasteiger partial charge in [-0.2, -0.15) is 0 Å². The van der Waals surface area contributed by atoms with Crippen molar-refractivity contribution in [3.8, 4) is 0 Å². The summed E-state index contributed by atoms with van der Waals surface area (Å²) in [5.74, 6) is 2.37. The number of carbonyl (C=O) groups is 2. The number of likely N-dealkylation sites (tertiary alicyclic amines) is 1. The second-order valence-corrected chi connectivity index (χ2v) is 9.48. The average molecular weight is 344 g/mol. The van der Waals surface area contributed by atoms with E-state index >= 15 is 0 Å². The Morgan fingerprint density at radius 2 is 1.96 bits per heavy atom. The number of hydrogen-bond acceptors (Lipinski definition) is 2. The van der Waals surface area contributed by atoms with Gasteiger partial charge in [-0.25, -0.2) is 0 Å². The smallest absolute Gasteiger partial charge is 0.226 e. The molecule has 3 fully saturated rings. The van der Waals surface area contributed by atoms with Crippen LogP contribution in [-0.4, -0.2) is 42.3 Å². The van der Waals surface area contributed by atoms with Gasteiger partial charge in [0, 0.05) is 37.7 Å². The summed E-state index contributed by atoms with van der Waals surface area (Å²) in [6, 6.07) is 0.393. The molecule has 2 saturated carbocycles. The molecular formula is C21H32N2O2. The maximum absolute atomic E-state index is 12.2. The van der Waals surface area contributed by atoms with Crippen molar-refractivity contribution < 1.29 is 9.59 Å². The van der Waals surface area contributed by atoms with Gasteiger partial charge in [0.1, 0.15) is 0 Å². The van der Waals surface area contributed by atoms with Gasteiger partial charge in [0.2, 0.25) is 12.3 Å². The number of fused-ring (bicyclic) bond motifs is 5. The van der Waals surface area contributed by atoms with E-state index in [1.165, 1.54) is 25.0 Å². The zero-order valence-electron chi connectivity index (χ0n) is 16.1. The number of nitrogens with zero attached hydrogens (tertiary/aromatic N) is 2. The summed E-state index contributed by atoms with van der Waals surface area (Å²) < 4.78 is 0. The van der Waals surface area contributed by atoms with E-state index in [4.69, 9.17) is 0 Å². The van der Waals surface area contributed by atoms with Crippen LogP contribution >= 0.6 is 0 Å². The molecule has 1 aliphatic heterocycles. The minimum Gasteiger partial charge on any atom is -0.345 e. The minimum absolute atomic E-state index is 0.154. The Bertz CT molecular complexity index is 629. The summed E-state index contributed by atoms with van der Waals surface area (Å²) in [6.07, 6.45) is 11.0. The highest BCUT2D eigenvalue weighted by Gasteiger charge is 2.59. The summed E-state index contributed by atoms with van der Waals surface area (Å²) in [7, 11) is 3.92. The van der Waals surface area contributed by atoms with Crippen LogP contribution in [0.15, 0.2) is 11.8 Å². The minimum atomic E-state index is 0.154. The highest BCUT2D eigenvalue weighted by atomic mass is 16.2. The predicted octanol–water partition coefficient (Wildman–Crippen LogP) is 3.43. The van der Waals surface area contributed by atoms with Gasteiger partial charge in [-0.15, -0.1) is 0 Å². The van der Waals surface area contributed by atoms with Gasteiger partial charge in [0.05, 0.1) is 0 Å². The standard InChI is InChI=1S/C21H32N2O2/c1-20-11-9-16-14(15(20)6-8-17(20)22(3)13-24)5-7-18-21(16,2)12-10-19(25)23(18)4/h7,13-17H,5-6,8-12H2,1-4H3/t14-,15-,16-,17-,20-,21+/m0/s1. The molecular weight excluding hydrogens is 312 g/mol. The molecule has 0 bridgehead atoms. The van der Waals surface area contributed by atoms with Crippen molar-refractivity contribution in [3.05, 3.63) is 11.8 Å². The monoisotopic (exact) mass is 344 g/mol. The first kappa shape index (κ1) is 17.1. The van der Waals surface area contributed by atoms with Crippen molar-refractivity contribution in [2.24, 2.45) is 28.6 Å². The summed E-state index contributed by atoms with van der Waals surface area (Å²) >= 11 is 0. The van der Waals surface area contributed by atoms with Crippen molar-refractivity contribution in [1.82, 2.24) is 9.80 Å². The Kier molecular flexibility index (Phi) is 3.82. The summed E-state index contributed by atoms with van der Waals surface area (Å²) in [5, 5.41) is 0. The van der Waals surface area contributed by atoms with Crippen LogP contribution in [-0.2, 0) is 9.59 Å². The molecule has 3 aliphatic carbocycles. The molecule has 0 N–H and O–H groups in total. The third-order valence-electron chi connectivity index (χ3n) is 8.63. The van der Waals surface area contributed by atoms with Crippen molar-refractivity contribution in [1.29, 1.82) is 0 Å². The number of rotatable bonds is 2. The maximum Gasteiger partial charge on any atom is 0.226 e. The normalized spacial score (nSPS) is 46.0. The summed E-state index contributed by atoms with van der Waals surface area (Å²) in [5.41, 5.74) is 1.70. The molecule has 4 nitrogen and oxygen atoms in total. The second-order valence-electron chi connectivity index (χ2n) is 9.48. The van der Waals surface area contributed by atoms with Gasteiger partial charge in [-0.3, -0.25) is 9.59 Å². The van der Waals surface area contributed by atoms with Crippen LogP contribution in [0.25, 0.3) is 0 Å². The molecule has 4 rings (SSSR count). The fraction of sp³-hybridized carbons (Fsp3) is 0.810. The first-order valence-electron chi connectivity index (χ1n) is 9.97. The van der Waals surface area contributed by atoms with Crippen LogP contribution in [0.5, 0.6) is 0 Å². The molecule has 1 heterocycles. The van der Waals surface area contributed by atoms with E-state index < -0.39 is 0 Å². The van der Waals surface area contributed by atoms with Crippen LogP contribution in [0, 0.1) is 28.6 Å². The first-order valence-corrected chi connectivity index (χ1v) is 9.97. The van der Waals surface area contributed by atoms with Crippen LogP contribution in [0.3, 0.4) is 0 Å². The molecule has 0 aromatic carbocycles. The third kappa shape index (κ3) is 2.18. The largest absolute Gasteiger partial charge is 0.345 e. The zero-order valence-corrected chi connectivity index (χ0v) is 16.1. The number of carbonyl (C=O) groups excluding carboxylic acids is 2. The molecule has 0 aromatic heterocycles. The van der Waals surface area contributed by atoms with Gasteiger partial charge >= 0.3 is 0 Å². The Morgan fingerprint density at radius 3 is 2.68 bits per heavy atom. The van der Waals surface area contributed by atoms with Gasteiger partial charge in [0.25, 0.3) is 0 Å². The number of piperidine rings is 1. The highest BCUT2D eigenvalue weighted by molar-refractivity contribution is 5.79. The van der Waals surface area contributed by atoms with E-state index in [2.05, 4.69) is 19.9 Å². The predicted molar refractivity (Wildman–Crippen MR) is 97.5 cm³/mol. The van der Waals surface area contributed by atoms with Gasteiger partial charge in [-0.1, -0.05) is 19.9 Å². The Balaban J connectivity index is 1.67. The summed E-state index contributed by atoms with van der Waals surface area (Å²) in [4.78, 5) is 27.4. The lowest BCUT2D eigenvalue weighted by Gasteiger charge is -2.58. The number of hydrogen-bond donors (Lipinski definition) is 0. The van der Waals surface area contributed by atoms with E-state index in [1.807, 2.05) is 23.9 Å². The van der Waals surface area contributed by atoms with Crippen molar-refractivity contribution >= 4 is 12.3 Å². The van der Waals surface area contributed by atoms with Crippen LogP contribution < -0.4 is 0 Å². The average Bonchev–Trinajstić information content (AvgIpc) is 2.95. The maximum atomic E-state index is 12.2. The number of amides is 2. The molecule has 4 aliphatic rings. The van der Waals surface area contributed by atoms with E-state index in [0.717, 1.165) is 25.7 Å². The summed E-state index contributed by atoms with van der Waals surface area (Å²) in [6.45, 7) is 4.84. The zero-order chi connectivity index (χ0) is 18.0. The van der Waals surface area contributed by atoms with Crippen molar-refractivity contribution in [3.63, 3.8) is 0 Å². The lowest BCUT2D eigenvalue weighted by molar-refractivity contribution is -0.136. The molecule has 0 radical (unpaired) electrons. The lowest BCUT2D eigenvalue weighted by Crippen LogP contribution is -2.55. The van der Waals surface area contributed by atoms with Crippen LogP contribution in [0.4, 0.5) is 0 Å². The Morgan fingerprint density at radius 1 is 1.20 bits per heavy atom. The van der Waals surface area contributed by atoms with E-state index in [0.29, 0.717) is 30.2 Å². The molecule has 0 aromatic rings. The topological polar surface area (TPSA) is 40.6 Å². The van der Waals surface area contributed by atoms with Crippen LogP contribution in [0.2, 0.25) is 0 Å². The van der Waals surface area contributed by atoms with E-state index in [-0.39, 0.29) is 16.7 Å².